The van der Waals surface area contributed by atoms with E-state index in [0.29, 0.717) is 23.7 Å². The molecule has 4 aliphatic carbocycles. The van der Waals surface area contributed by atoms with E-state index in [1.54, 1.807) is 6.92 Å². The van der Waals surface area contributed by atoms with E-state index < -0.39 is 5.97 Å². The Bertz CT molecular complexity index is 611. The standard InChI is InChI=1S/C20H30O2.C3H6O2/c1-13-4-3-5-14-6-7-15-16-8-9-18(22)19(16,2)11-10-17(15)20(13,14)12-21;1-2-3(4)5/h5,12-13,15-18,22H,3-4,6-11H2,1-2H3;2H2,1H3,(H,4,5)/t13-,15-,16-,17-,18-,19-,20-;/m0./s1. The fourth-order valence-electron chi connectivity index (χ4n) is 7.02. The Morgan fingerprint density at radius 2 is 1.93 bits per heavy atom. The summed E-state index contributed by atoms with van der Waals surface area (Å²) in [6.07, 6.45) is 12.9. The number of aliphatic carboxylic acids is 1. The third-order valence-corrected chi connectivity index (χ3v) is 8.61. The molecular weight excluding hydrogens is 340 g/mol. The first-order chi connectivity index (χ1) is 12.8. The topological polar surface area (TPSA) is 74.6 Å². The zero-order chi connectivity index (χ0) is 19.8. The molecule has 3 fully saturated rings. The minimum Gasteiger partial charge on any atom is -0.481 e. The number of aldehydes is 1. The van der Waals surface area contributed by atoms with Crippen molar-refractivity contribution in [3.05, 3.63) is 11.6 Å². The second-order valence-corrected chi connectivity index (χ2v) is 9.56. The number of carbonyl (C=O) groups is 2. The van der Waals surface area contributed by atoms with Gasteiger partial charge in [-0.05, 0) is 80.5 Å². The van der Waals surface area contributed by atoms with Gasteiger partial charge in [0.25, 0.3) is 0 Å². The number of hydrogen-bond donors (Lipinski definition) is 2. The normalized spacial score (nSPS) is 45.3. The number of carboxylic acids is 1. The van der Waals surface area contributed by atoms with Crippen LogP contribution in [0.5, 0.6) is 0 Å². The van der Waals surface area contributed by atoms with Crippen LogP contribution in [-0.2, 0) is 9.59 Å². The highest BCUT2D eigenvalue weighted by atomic mass is 16.4. The van der Waals surface area contributed by atoms with E-state index in [1.165, 1.54) is 24.7 Å². The van der Waals surface area contributed by atoms with Crippen molar-refractivity contribution >= 4 is 12.3 Å². The SMILES string of the molecule is CCC(=O)O.C[C@H]1CCC=C2CC[C@H]3[C@@H]4CC[C@H](O)[C@@]4(C)CC[C@@H]3[C@]21C=O. The highest BCUT2D eigenvalue weighted by molar-refractivity contribution is 5.68. The van der Waals surface area contributed by atoms with Gasteiger partial charge in [0, 0.05) is 6.42 Å². The van der Waals surface area contributed by atoms with Crippen molar-refractivity contribution in [2.24, 2.45) is 34.5 Å². The monoisotopic (exact) mass is 376 g/mol. The van der Waals surface area contributed by atoms with E-state index in [-0.39, 0.29) is 23.4 Å². The summed E-state index contributed by atoms with van der Waals surface area (Å²) < 4.78 is 0. The fraction of sp³-hybridized carbons (Fsp3) is 0.826. The molecule has 0 aromatic rings. The van der Waals surface area contributed by atoms with E-state index in [0.717, 1.165) is 38.5 Å². The Kier molecular flexibility index (Phi) is 5.86. The summed E-state index contributed by atoms with van der Waals surface area (Å²) in [6.45, 7) is 6.22. The summed E-state index contributed by atoms with van der Waals surface area (Å²) in [6, 6.07) is 0. The molecule has 2 N–H and O–H groups in total. The van der Waals surface area contributed by atoms with Crippen molar-refractivity contribution < 1.29 is 19.8 Å². The molecule has 0 aromatic heterocycles. The molecule has 4 rings (SSSR count). The van der Waals surface area contributed by atoms with E-state index in [1.807, 2.05) is 0 Å². The number of carbonyl (C=O) groups excluding carboxylic acids is 1. The van der Waals surface area contributed by atoms with Gasteiger partial charge in [-0.3, -0.25) is 4.79 Å². The zero-order valence-electron chi connectivity index (χ0n) is 17.1. The lowest BCUT2D eigenvalue weighted by Crippen LogP contribution is -2.54. The molecule has 152 valence electrons. The van der Waals surface area contributed by atoms with Crippen LogP contribution in [0.2, 0.25) is 0 Å². The van der Waals surface area contributed by atoms with Gasteiger partial charge in [-0.1, -0.05) is 32.4 Å². The molecule has 4 nitrogen and oxygen atoms in total. The molecule has 0 bridgehead atoms. The number of rotatable bonds is 2. The molecular formula is C23H36O4. The number of aliphatic hydroxyl groups excluding tert-OH is 1. The molecule has 4 heteroatoms. The Morgan fingerprint density at radius 3 is 2.56 bits per heavy atom. The second kappa shape index (κ2) is 7.69. The van der Waals surface area contributed by atoms with Gasteiger partial charge in [0.05, 0.1) is 11.5 Å². The quantitative estimate of drug-likeness (QED) is 0.545. The van der Waals surface area contributed by atoms with Crippen LogP contribution in [0.25, 0.3) is 0 Å². The molecule has 0 heterocycles. The Labute approximate surface area is 163 Å². The highest BCUT2D eigenvalue weighted by Crippen LogP contribution is 2.65. The average molecular weight is 377 g/mol. The lowest BCUT2D eigenvalue weighted by atomic mass is 9.45. The summed E-state index contributed by atoms with van der Waals surface area (Å²) in [7, 11) is 0. The van der Waals surface area contributed by atoms with Gasteiger partial charge >= 0.3 is 5.97 Å². The van der Waals surface area contributed by atoms with Gasteiger partial charge in [-0.2, -0.15) is 0 Å². The molecule has 0 amide bonds. The Morgan fingerprint density at radius 1 is 1.22 bits per heavy atom. The van der Waals surface area contributed by atoms with Gasteiger partial charge in [0.1, 0.15) is 6.29 Å². The number of fused-ring (bicyclic) bond motifs is 5. The summed E-state index contributed by atoms with van der Waals surface area (Å²) in [5.41, 5.74) is 1.41. The third kappa shape index (κ3) is 3.18. The molecule has 0 unspecified atom stereocenters. The maximum Gasteiger partial charge on any atom is 0.303 e. The second-order valence-electron chi connectivity index (χ2n) is 9.56. The van der Waals surface area contributed by atoms with Crippen LogP contribution in [0.1, 0.15) is 78.6 Å². The van der Waals surface area contributed by atoms with Gasteiger partial charge in [0.2, 0.25) is 0 Å². The summed E-state index contributed by atoms with van der Waals surface area (Å²) >= 11 is 0. The van der Waals surface area contributed by atoms with Gasteiger partial charge in [-0.25, -0.2) is 0 Å². The third-order valence-electron chi connectivity index (χ3n) is 8.61. The van der Waals surface area contributed by atoms with Crippen molar-refractivity contribution in [3.8, 4) is 0 Å². The first-order valence-corrected chi connectivity index (χ1v) is 10.9. The van der Waals surface area contributed by atoms with Crippen LogP contribution >= 0.6 is 0 Å². The van der Waals surface area contributed by atoms with Crippen molar-refractivity contribution in [3.63, 3.8) is 0 Å². The molecule has 4 aliphatic rings. The minimum absolute atomic E-state index is 0.115. The van der Waals surface area contributed by atoms with Crippen LogP contribution in [0, 0.1) is 34.5 Å². The molecule has 7 atom stereocenters. The van der Waals surface area contributed by atoms with E-state index >= 15 is 0 Å². The first-order valence-electron chi connectivity index (χ1n) is 10.9. The van der Waals surface area contributed by atoms with Gasteiger partial charge in [-0.15, -0.1) is 0 Å². The van der Waals surface area contributed by atoms with E-state index in [4.69, 9.17) is 5.11 Å². The van der Waals surface area contributed by atoms with Crippen molar-refractivity contribution in [1.29, 1.82) is 0 Å². The predicted octanol–water partition coefficient (Wildman–Crippen LogP) is 4.61. The van der Waals surface area contributed by atoms with Crippen LogP contribution in [0.4, 0.5) is 0 Å². The lowest BCUT2D eigenvalue weighted by Gasteiger charge is -2.58. The zero-order valence-corrected chi connectivity index (χ0v) is 17.1. The molecule has 0 aromatic carbocycles. The average Bonchev–Trinajstić information content (AvgIpc) is 2.97. The maximum absolute atomic E-state index is 12.3. The predicted molar refractivity (Wildman–Crippen MR) is 105 cm³/mol. The number of carboxylic acid groups (broad SMARTS) is 1. The smallest absolute Gasteiger partial charge is 0.303 e. The Balaban J connectivity index is 0.000000376. The number of allylic oxidation sites excluding steroid dienone is 2. The van der Waals surface area contributed by atoms with Crippen LogP contribution in [0.15, 0.2) is 11.6 Å². The Hall–Kier alpha value is -1.16. The van der Waals surface area contributed by atoms with Gasteiger partial charge in [0.15, 0.2) is 0 Å². The highest BCUT2D eigenvalue weighted by Gasteiger charge is 2.61. The van der Waals surface area contributed by atoms with Crippen LogP contribution in [-0.4, -0.2) is 28.6 Å². The summed E-state index contributed by atoms with van der Waals surface area (Å²) in [4.78, 5) is 21.7. The first kappa shape index (κ1) is 20.6. The van der Waals surface area contributed by atoms with E-state index in [2.05, 4.69) is 19.9 Å². The van der Waals surface area contributed by atoms with Crippen LogP contribution in [0.3, 0.4) is 0 Å². The molecule has 0 saturated heterocycles. The molecule has 27 heavy (non-hydrogen) atoms. The maximum atomic E-state index is 12.3. The van der Waals surface area contributed by atoms with Crippen LogP contribution < -0.4 is 0 Å². The summed E-state index contributed by atoms with van der Waals surface area (Å²) in [5, 5.41) is 18.2. The summed E-state index contributed by atoms with van der Waals surface area (Å²) in [5.74, 6) is 1.56. The van der Waals surface area contributed by atoms with Crippen molar-refractivity contribution in [2.75, 3.05) is 0 Å². The van der Waals surface area contributed by atoms with Crippen molar-refractivity contribution in [2.45, 2.75) is 84.7 Å². The van der Waals surface area contributed by atoms with E-state index in [9.17, 15) is 14.7 Å². The number of hydrogen-bond acceptors (Lipinski definition) is 3. The van der Waals surface area contributed by atoms with Crippen molar-refractivity contribution in [1.82, 2.24) is 0 Å². The fourth-order valence-corrected chi connectivity index (χ4v) is 7.02. The molecule has 0 spiro atoms. The molecule has 3 saturated carbocycles. The largest absolute Gasteiger partial charge is 0.481 e. The van der Waals surface area contributed by atoms with Gasteiger partial charge < -0.3 is 15.0 Å². The lowest BCUT2D eigenvalue weighted by molar-refractivity contribution is -0.136. The molecule has 0 aliphatic heterocycles. The number of aliphatic hydroxyl groups is 1. The minimum atomic E-state index is -0.745. The molecule has 0 radical (unpaired) electrons.